The van der Waals surface area contributed by atoms with Crippen LogP contribution in [0, 0.1) is 5.82 Å². The van der Waals surface area contributed by atoms with E-state index in [1.807, 2.05) is 36.4 Å². The van der Waals surface area contributed by atoms with Gasteiger partial charge in [0.1, 0.15) is 11.6 Å². The quantitative estimate of drug-likeness (QED) is 0.566. The SMILES string of the molecule is COc1ccc(Cl)cc1C(=O)Nc1ccc(N2CCN(Cc3ccccc3F)CC2)cc1. The average Bonchev–Trinajstić information content (AvgIpc) is 2.81. The zero-order valence-electron chi connectivity index (χ0n) is 17.9. The Kier molecular flexibility index (Phi) is 6.93. The molecule has 0 aliphatic carbocycles. The van der Waals surface area contributed by atoms with Crippen molar-refractivity contribution in [1.29, 1.82) is 0 Å². The summed E-state index contributed by atoms with van der Waals surface area (Å²) in [6.07, 6.45) is 0. The third-order valence-corrected chi connectivity index (χ3v) is 5.86. The summed E-state index contributed by atoms with van der Waals surface area (Å²) in [6, 6.07) is 19.6. The van der Waals surface area contributed by atoms with Crippen molar-refractivity contribution in [2.24, 2.45) is 0 Å². The molecule has 1 aliphatic heterocycles. The van der Waals surface area contributed by atoms with Crippen LogP contribution in [0.5, 0.6) is 5.75 Å². The molecule has 3 aromatic carbocycles. The molecule has 0 bridgehead atoms. The number of carbonyl (C=O) groups excluding carboxylic acids is 1. The summed E-state index contributed by atoms with van der Waals surface area (Å²) >= 11 is 6.03. The number of benzene rings is 3. The monoisotopic (exact) mass is 453 g/mol. The standard InChI is InChI=1S/C25H25ClFN3O2/c1-32-24-11-6-19(26)16-22(24)25(31)28-20-7-9-21(10-8-20)30-14-12-29(13-15-30)17-18-4-2-3-5-23(18)27/h2-11,16H,12-15,17H2,1H3,(H,28,31). The number of hydrogen-bond donors (Lipinski definition) is 1. The minimum Gasteiger partial charge on any atom is -0.496 e. The molecule has 4 rings (SSSR count). The van der Waals surface area contributed by atoms with Gasteiger partial charge >= 0.3 is 0 Å². The van der Waals surface area contributed by atoms with Gasteiger partial charge in [-0.05, 0) is 48.5 Å². The largest absolute Gasteiger partial charge is 0.496 e. The molecule has 1 N–H and O–H groups in total. The Hall–Kier alpha value is -3.09. The molecular formula is C25H25ClFN3O2. The lowest BCUT2D eigenvalue weighted by Gasteiger charge is -2.36. The van der Waals surface area contributed by atoms with Crippen LogP contribution in [0.3, 0.4) is 0 Å². The Labute approximate surface area is 192 Å². The lowest BCUT2D eigenvalue weighted by Crippen LogP contribution is -2.46. The van der Waals surface area contributed by atoms with Gasteiger partial charge in [-0.25, -0.2) is 4.39 Å². The van der Waals surface area contributed by atoms with Crippen molar-refractivity contribution in [1.82, 2.24) is 4.90 Å². The Morgan fingerprint density at radius 3 is 2.44 bits per heavy atom. The molecule has 0 radical (unpaired) electrons. The molecule has 0 aromatic heterocycles. The van der Waals surface area contributed by atoms with Crippen LogP contribution in [-0.4, -0.2) is 44.1 Å². The summed E-state index contributed by atoms with van der Waals surface area (Å²) in [6.45, 7) is 4.07. The first kappa shape index (κ1) is 22.1. The summed E-state index contributed by atoms with van der Waals surface area (Å²) in [5.74, 6) is 0.0404. The maximum atomic E-state index is 13.9. The van der Waals surface area contributed by atoms with Crippen LogP contribution >= 0.6 is 11.6 Å². The average molecular weight is 454 g/mol. The van der Waals surface area contributed by atoms with E-state index in [0.29, 0.717) is 28.6 Å². The summed E-state index contributed by atoms with van der Waals surface area (Å²) in [5, 5.41) is 3.36. The molecule has 1 heterocycles. The van der Waals surface area contributed by atoms with E-state index in [1.165, 1.54) is 13.2 Å². The Morgan fingerprint density at radius 1 is 1.03 bits per heavy atom. The zero-order valence-corrected chi connectivity index (χ0v) is 18.6. The highest BCUT2D eigenvalue weighted by Crippen LogP contribution is 2.25. The van der Waals surface area contributed by atoms with Gasteiger partial charge in [0.15, 0.2) is 0 Å². The lowest BCUT2D eigenvalue weighted by molar-refractivity contribution is 0.102. The molecule has 5 nitrogen and oxygen atoms in total. The van der Waals surface area contributed by atoms with Crippen molar-refractivity contribution in [3.63, 3.8) is 0 Å². The molecule has 1 saturated heterocycles. The lowest BCUT2D eigenvalue weighted by atomic mass is 10.1. The van der Waals surface area contributed by atoms with E-state index >= 15 is 0 Å². The van der Waals surface area contributed by atoms with Crippen molar-refractivity contribution in [3.8, 4) is 5.75 Å². The molecule has 7 heteroatoms. The van der Waals surface area contributed by atoms with Crippen LogP contribution in [0.2, 0.25) is 5.02 Å². The van der Waals surface area contributed by atoms with Gasteiger partial charge in [-0.3, -0.25) is 9.69 Å². The molecule has 166 valence electrons. The molecular weight excluding hydrogens is 429 g/mol. The van der Waals surface area contributed by atoms with E-state index in [2.05, 4.69) is 15.1 Å². The van der Waals surface area contributed by atoms with Crippen molar-refractivity contribution in [2.75, 3.05) is 43.5 Å². The number of hydrogen-bond acceptors (Lipinski definition) is 4. The Morgan fingerprint density at radius 2 is 1.75 bits per heavy atom. The van der Waals surface area contributed by atoms with Gasteiger partial charge in [0.05, 0.1) is 12.7 Å². The van der Waals surface area contributed by atoms with Gasteiger partial charge in [-0.15, -0.1) is 0 Å². The summed E-state index contributed by atoms with van der Waals surface area (Å²) < 4.78 is 19.2. The number of piperazine rings is 1. The molecule has 1 fully saturated rings. The van der Waals surface area contributed by atoms with Gasteiger partial charge in [0.25, 0.3) is 5.91 Å². The Bertz CT molecular complexity index is 1080. The fraction of sp³-hybridized carbons (Fsp3) is 0.240. The number of nitrogens with zero attached hydrogens (tertiary/aromatic N) is 2. The topological polar surface area (TPSA) is 44.8 Å². The zero-order chi connectivity index (χ0) is 22.5. The predicted molar refractivity (Wildman–Crippen MR) is 126 cm³/mol. The molecule has 0 spiro atoms. The van der Waals surface area contributed by atoms with Gasteiger partial charge in [-0.1, -0.05) is 29.8 Å². The van der Waals surface area contributed by atoms with Crippen LogP contribution in [0.4, 0.5) is 15.8 Å². The number of carbonyl (C=O) groups is 1. The second-order valence-corrected chi connectivity index (χ2v) is 8.14. The number of halogens is 2. The van der Waals surface area contributed by atoms with E-state index in [9.17, 15) is 9.18 Å². The number of nitrogens with one attached hydrogen (secondary N) is 1. The van der Waals surface area contributed by atoms with Crippen LogP contribution in [0.1, 0.15) is 15.9 Å². The van der Waals surface area contributed by atoms with E-state index in [4.69, 9.17) is 16.3 Å². The first-order chi connectivity index (χ1) is 15.5. The number of ether oxygens (including phenoxy) is 1. The van der Waals surface area contributed by atoms with Crippen LogP contribution in [-0.2, 0) is 6.54 Å². The minimum atomic E-state index is -0.279. The Balaban J connectivity index is 1.34. The van der Waals surface area contributed by atoms with E-state index in [-0.39, 0.29) is 11.7 Å². The molecule has 32 heavy (non-hydrogen) atoms. The summed E-state index contributed by atoms with van der Waals surface area (Å²) in [4.78, 5) is 17.2. The fourth-order valence-electron chi connectivity index (χ4n) is 3.84. The third-order valence-electron chi connectivity index (χ3n) is 5.62. The van der Waals surface area contributed by atoms with Gasteiger partial charge in [0.2, 0.25) is 0 Å². The number of methoxy groups -OCH3 is 1. The van der Waals surface area contributed by atoms with Gasteiger partial charge in [-0.2, -0.15) is 0 Å². The highest BCUT2D eigenvalue weighted by atomic mass is 35.5. The predicted octanol–water partition coefficient (Wildman–Crippen LogP) is 5.06. The first-order valence-electron chi connectivity index (χ1n) is 10.5. The van der Waals surface area contributed by atoms with Crippen molar-refractivity contribution in [3.05, 3.63) is 88.7 Å². The molecule has 0 unspecified atom stereocenters. The van der Waals surface area contributed by atoms with Crippen molar-refractivity contribution in [2.45, 2.75) is 6.54 Å². The van der Waals surface area contributed by atoms with Crippen molar-refractivity contribution < 1.29 is 13.9 Å². The minimum absolute atomic E-state index is 0.150. The normalized spacial score (nSPS) is 14.3. The second-order valence-electron chi connectivity index (χ2n) is 7.70. The number of rotatable bonds is 6. The van der Waals surface area contributed by atoms with Crippen LogP contribution < -0.4 is 15.0 Å². The van der Waals surface area contributed by atoms with Crippen molar-refractivity contribution >= 4 is 28.9 Å². The maximum absolute atomic E-state index is 13.9. The molecule has 1 amide bonds. The highest BCUT2D eigenvalue weighted by molar-refractivity contribution is 6.31. The first-order valence-corrected chi connectivity index (χ1v) is 10.9. The number of anilines is 2. The van der Waals surface area contributed by atoms with E-state index in [0.717, 1.165) is 37.4 Å². The highest BCUT2D eigenvalue weighted by Gasteiger charge is 2.19. The number of amides is 1. The smallest absolute Gasteiger partial charge is 0.259 e. The maximum Gasteiger partial charge on any atom is 0.259 e. The van der Waals surface area contributed by atoms with E-state index < -0.39 is 0 Å². The molecule has 0 atom stereocenters. The second kappa shape index (κ2) is 10.0. The fourth-order valence-corrected chi connectivity index (χ4v) is 4.02. The van der Waals surface area contributed by atoms with Gasteiger partial charge in [0, 0.05) is 54.7 Å². The van der Waals surface area contributed by atoms with E-state index in [1.54, 1.807) is 24.3 Å². The van der Waals surface area contributed by atoms with Crippen LogP contribution in [0.25, 0.3) is 0 Å². The van der Waals surface area contributed by atoms with Crippen LogP contribution in [0.15, 0.2) is 66.7 Å². The molecule has 0 saturated carbocycles. The molecule has 3 aromatic rings. The summed E-state index contributed by atoms with van der Waals surface area (Å²) in [7, 11) is 1.52. The summed E-state index contributed by atoms with van der Waals surface area (Å²) in [5.41, 5.74) is 2.90. The third kappa shape index (κ3) is 5.21. The molecule has 1 aliphatic rings. The van der Waals surface area contributed by atoms with Gasteiger partial charge < -0.3 is 15.0 Å².